The van der Waals surface area contributed by atoms with E-state index in [9.17, 15) is 0 Å². The van der Waals surface area contributed by atoms with Crippen molar-refractivity contribution in [3.63, 3.8) is 0 Å². The van der Waals surface area contributed by atoms with E-state index in [-0.39, 0.29) is 0 Å². The normalized spacial score (nSPS) is 9.78. The summed E-state index contributed by atoms with van der Waals surface area (Å²) >= 11 is 3.35. The van der Waals surface area contributed by atoms with E-state index in [0.29, 0.717) is 12.1 Å². The van der Waals surface area contributed by atoms with Crippen LogP contribution in [0.2, 0.25) is 0 Å². The molecule has 0 aromatic heterocycles. The molecule has 18 heavy (non-hydrogen) atoms. The minimum atomic E-state index is 0.625. The summed E-state index contributed by atoms with van der Waals surface area (Å²) in [5.41, 5.74) is 8.95. The Kier molecular flexibility index (Phi) is 3.85. The molecule has 2 rings (SSSR count). The number of hydrogen-bond donors (Lipinski definition) is 2. The van der Waals surface area contributed by atoms with Crippen molar-refractivity contribution >= 4 is 27.3 Å². The molecule has 0 aliphatic rings. The molecule has 2 aromatic carbocycles. The van der Waals surface area contributed by atoms with Gasteiger partial charge in [-0.3, -0.25) is 0 Å². The monoisotopic (exact) mass is 301 g/mol. The number of nitriles is 1. The largest absolute Gasteiger partial charge is 0.399 e. The van der Waals surface area contributed by atoms with Gasteiger partial charge >= 0.3 is 0 Å². The maximum absolute atomic E-state index is 9.05. The van der Waals surface area contributed by atoms with Gasteiger partial charge in [-0.2, -0.15) is 5.26 Å². The van der Waals surface area contributed by atoms with Gasteiger partial charge in [0.1, 0.15) is 6.07 Å². The molecular formula is C14H12BrN3. The van der Waals surface area contributed by atoms with Crippen LogP contribution >= 0.6 is 15.9 Å². The second kappa shape index (κ2) is 5.56. The minimum Gasteiger partial charge on any atom is -0.399 e. The smallest absolute Gasteiger partial charge is 0.101 e. The van der Waals surface area contributed by atoms with Gasteiger partial charge in [0.25, 0.3) is 0 Å². The highest BCUT2D eigenvalue weighted by molar-refractivity contribution is 9.10. The quantitative estimate of drug-likeness (QED) is 0.853. The van der Waals surface area contributed by atoms with Gasteiger partial charge in [-0.1, -0.05) is 28.1 Å². The summed E-state index contributed by atoms with van der Waals surface area (Å²) in [6, 6.07) is 15.4. The number of nitrogens with zero attached hydrogens (tertiary/aromatic N) is 1. The van der Waals surface area contributed by atoms with Crippen molar-refractivity contribution in [2.75, 3.05) is 11.1 Å². The molecular weight excluding hydrogens is 290 g/mol. The molecule has 0 aliphatic carbocycles. The van der Waals surface area contributed by atoms with E-state index < -0.39 is 0 Å². The van der Waals surface area contributed by atoms with Crippen molar-refractivity contribution in [3.8, 4) is 6.07 Å². The fraction of sp³-hybridized carbons (Fsp3) is 0.0714. The summed E-state index contributed by atoms with van der Waals surface area (Å²) < 4.78 is 0.900. The summed E-state index contributed by atoms with van der Waals surface area (Å²) in [5.74, 6) is 0. The first kappa shape index (κ1) is 12.5. The van der Waals surface area contributed by atoms with E-state index in [1.807, 2.05) is 36.4 Å². The van der Waals surface area contributed by atoms with Crippen molar-refractivity contribution in [3.05, 3.63) is 58.1 Å². The molecule has 0 fully saturated rings. The van der Waals surface area contributed by atoms with Gasteiger partial charge in [0.15, 0.2) is 0 Å². The third-order valence-electron chi connectivity index (χ3n) is 2.56. The predicted molar refractivity (Wildman–Crippen MR) is 77.0 cm³/mol. The molecule has 3 N–H and O–H groups in total. The standard InChI is InChI=1S/C14H12BrN3/c15-12-3-6-14(11(7-12)8-16)18-9-10-1-4-13(17)5-2-10/h1-7,18H,9,17H2. The van der Waals surface area contributed by atoms with E-state index in [1.165, 1.54) is 0 Å². The van der Waals surface area contributed by atoms with Gasteiger partial charge in [-0.15, -0.1) is 0 Å². The SMILES string of the molecule is N#Cc1cc(Br)ccc1NCc1ccc(N)cc1. The zero-order chi connectivity index (χ0) is 13.0. The van der Waals surface area contributed by atoms with Gasteiger partial charge in [0.2, 0.25) is 0 Å². The Morgan fingerprint density at radius 2 is 1.89 bits per heavy atom. The average Bonchev–Trinajstić information content (AvgIpc) is 2.39. The van der Waals surface area contributed by atoms with Crippen molar-refractivity contribution in [1.82, 2.24) is 0 Å². The summed E-state index contributed by atoms with van der Waals surface area (Å²) in [6.07, 6.45) is 0. The number of rotatable bonds is 3. The number of anilines is 2. The van der Waals surface area contributed by atoms with Crippen LogP contribution < -0.4 is 11.1 Å². The van der Waals surface area contributed by atoms with Crippen LogP contribution in [-0.2, 0) is 6.54 Å². The molecule has 0 amide bonds. The van der Waals surface area contributed by atoms with Crippen LogP contribution in [-0.4, -0.2) is 0 Å². The predicted octanol–water partition coefficient (Wildman–Crippen LogP) is 3.52. The summed E-state index contributed by atoms with van der Waals surface area (Å²) in [4.78, 5) is 0. The number of nitrogens with one attached hydrogen (secondary N) is 1. The maximum Gasteiger partial charge on any atom is 0.101 e. The zero-order valence-corrected chi connectivity index (χ0v) is 11.2. The lowest BCUT2D eigenvalue weighted by Gasteiger charge is -2.08. The number of benzene rings is 2. The Labute approximate surface area is 114 Å². The first-order valence-electron chi connectivity index (χ1n) is 5.47. The number of nitrogen functional groups attached to an aromatic ring is 1. The second-order valence-electron chi connectivity index (χ2n) is 3.90. The molecule has 0 aliphatic heterocycles. The molecule has 3 nitrogen and oxygen atoms in total. The fourth-order valence-electron chi connectivity index (χ4n) is 1.60. The first-order valence-corrected chi connectivity index (χ1v) is 6.26. The summed E-state index contributed by atoms with van der Waals surface area (Å²) in [7, 11) is 0. The third-order valence-corrected chi connectivity index (χ3v) is 3.06. The van der Waals surface area contributed by atoms with Crippen molar-refractivity contribution < 1.29 is 0 Å². The van der Waals surface area contributed by atoms with Crippen LogP contribution in [0.3, 0.4) is 0 Å². The Hall–Kier alpha value is -1.99. The van der Waals surface area contributed by atoms with Crippen molar-refractivity contribution in [1.29, 1.82) is 5.26 Å². The molecule has 0 atom stereocenters. The number of halogens is 1. The maximum atomic E-state index is 9.05. The highest BCUT2D eigenvalue weighted by Gasteiger charge is 2.02. The molecule has 2 aromatic rings. The molecule has 4 heteroatoms. The molecule has 90 valence electrons. The van der Waals surface area contributed by atoms with E-state index in [0.717, 1.165) is 21.4 Å². The van der Waals surface area contributed by atoms with Crippen LogP contribution in [0, 0.1) is 11.3 Å². The topological polar surface area (TPSA) is 61.8 Å². The zero-order valence-electron chi connectivity index (χ0n) is 9.65. The van der Waals surface area contributed by atoms with E-state index in [1.54, 1.807) is 6.07 Å². The summed E-state index contributed by atoms with van der Waals surface area (Å²) in [6.45, 7) is 0.663. The van der Waals surface area contributed by atoms with Crippen LogP contribution in [0.5, 0.6) is 0 Å². The van der Waals surface area contributed by atoms with Gasteiger partial charge in [-0.05, 0) is 35.9 Å². The molecule has 0 spiro atoms. The average molecular weight is 302 g/mol. The van der Waals surface area contributed by atoms with Crippen LogP contribution in [0.4, 0.5) is 11.4 Å². The molecule has 0 saturated heterocycles. The van der Waals surface area contributed by atoms with Gasteiger partial charge in [0, 0.05) is 16.7 Å². The van der Waals surface area contributed by atoms with Crippen LogP contribution in [0.25, 0.3) is 0 Å². The lowest BCUT2D eigenvalue weighted by molar-refractivity contribution is 1.15. The van der Waals surface area contributed by atoms with Crippen molar-refractivity contribution in [2.45, 2.75) is 6.54 Å². The lowest BCUT2D eigenvalue weighted by Crippen LogP contribution is -2.01. The number of hydrogen-bond acceptors (Lipinski definition) is 3. The first-order chi connectivity index (χ1) is 8.69. The lowest BCUT2D eigenvalue weighted by atomic mass is 10.1. The molecule has 0 unspecified atom stereocenters. The van der Waals surface area contributed by atoms with Gasteiger partial charge in [0.05, 0.1) is 11.3 Å². The molecule has 0 saturated carbocycles. The minimum absolute atomic E-state index is 0.625. The van der Waals surface area contributed by atoms with Crippen LogP contribution in [0.15, 0.2) is 46.9 Å². The van der Waals surface area contributed by atoms with Crippen molar-refractivity contribution in [2.24, 2.45) is 0 Å². The van der Waals surface area contributed by atoms with E-state index in [2.05, 4.69) is 27.3 Å². The Bertz CT molecular complexity index is 585. The Morgan fingerprint density at radius 3 is 2.56 bits per heavy atom. The Balaban J connectivity index is 2.11. The van der Waals surface area contributed by atoms with Gasteiger partial charge < -0.3 is 11.1 Å². The fourth-order valence-corrected chi connectivity index (χ4v) is 1.96. The van der Waals surface area contributed by atoms with E-state index >= 15 is 0 Å². The third kappa shape index (κ3) is 3.02. The highest BCUT2D eigenvalue weighted by Crippen LogP contribution is 2.21. The molecule has 0 bridgehead atoms. The number of nitrogens with two attached hydrogens (primary N) is 1. The van der Waals surface area contributed by atoms with Gasteiger partial charge in [-0.25, -0.2) is 0 Å². The second-order valence-corrected chi connectivity index (χ2v) is 4.81. The Morgan fingerprint density at radius 1 is 1.17 bits per heavy atom. The molecule has 0 heterocycles. The molecule has 0 radical (unpaired) electrons. The summed E-state index contributed by atoms with van der Waals surface area (Å²) in [5, 5.41) is 12.3. The van der Waals surface area contributed by atoms with Crippen LogP contribution in [0.1, 0.15) is 11.1 Å². The van der Waals surface area contributed by atoms with E-state index in [4.69, 9.17) is 11.0 Å². The highest BCUT2D eigenvalue weighted by atomic mass is 79.9.